The van der Waals surface area contributed by atoms with Crippen LogP contribution in [0.3, 0.4) is 0 Å². The zero-order valence-corrected chi connectivity index (χ0v) is 11.0. The van der Waals surface area contributed by atoms with Crippen LogP contribution in [0, 0.1) is 6.92 Å². The van der Waals surface area contributed by atoms with Gasteiger partial charge in [-0.3, -0.25) is 9.59 Å². The van der Waals surface area contributed by atoms with Crippen LogP contribution in [-0.4, -0.2) is 16.9 Å². The number of halogens is 1. The number of carbonyl (C=O) groups excluding carboxylic acids is 2. The Morgan fingerprint density at radius 3 is 2.41 bits per heavy atom. The first-order valence-corrected chi connectivity index (χ1v) is 6.38. The second kappa shape index (κ2) is 4.80. The molecule has 86 valence electrons. The first-order valence-electron chi connectivity index (χ1n) is 5.26. The third-order valence-corrected chi connectivity index (χ3v) is 3.14. The molecule has 0 amide bonds. The molecule has 2 aromatic carbocycles. The highest BCUT2D eigenvalue weighted by Crippen LogP contribution is 2.18. The van der Waals surface area contributed by atoms with Gasteiger partial charge in [0, 0.05) is 5.56 Å². The molecule has 0 bridgehead atoms. The minimum atomic E-state index is -0.440. The van der Waals surface area contributed by atoms with Crippen LogP contribution in [0.25, 0.3) is 10.8 Å². The number of benzene rings is 2. The molecule has 0 N–H and O–H groups in total. The summed E-state index contributed by atoms with van der Waals surface area (Å²) >= 11 is 3.00. The van der Waals surface area contributed by atoms with Crippen LogP contribution in [0.4, 0.5) is 0 Å². The fourth-order valence-corrected chi connectivity index (χ4v) is 1.98. The van der Waals surface area contributed by atoms with Crippen molar-refractivity contribution in [1.29, 1.82) is 0 Å². The number of alkyl halides is 1. The van der Waals surface area contributed by atoms with E-state index in [0.717, 1.165) is 10.8 Å². The van der Waals surface area contributed by atoms with Crippen molar-refractivity contribution >= 4 is 38.3 Å². The quantitative estimate of drug-likeness (QED) is 0.494. The molecule has 0 unspecified atom stereocenters. The molecule has 0 aliphatic heterocycles. The van der Waals surface area contributed by atoms with Crippen LogP contribution in [0.5, 0.6) is 0 Å². The van der Waals surface area contributed by atoms with E-state index in [4.69, 9.17) is 0 Å². The van der Waals surface area contributed by atoms with E-state index in [9.17, 15) is 9.59 Å². The normalized spacial score (nSPS) is 10.5. The molecule has 3 heteroatoms. The van der Waals surface area contributed by atoms with Crippen molar-refractivity contribution in [2.45, 2.75) is 6.92 Å². The lowest BCUT2D eigenvalue weighted by atomic mass is 10.0. The van der Waals surface area contributed by atoms with Gasteiger partial charge < -0.3 is 0 Å². The minimum absolute atomic E-state index is 0.0672. The van der Waals surface area contributed by atoms with Crippen molar-refractivity contribution in [3.8, 4) is 0 Å². The Kier molecular flexibility index (Phi) is 3.38. The molecular weight excluding hydrogens is 280 g/mol. The van der Waals surface area contributed by atoms with Crippen LogP contribution in [0.15, 0.2) is 36.4 Å². The van der Waals surface area contributed by atoms with Gasteiger partial charge in [0.2, 0.25) is 11.6 Å². The van der Waals surface area contributed by atoms with E-state index in [1.54, 1.807) is 12.1 Å². The summed E-state index contributed by atoms with van der Waals surface area (Å²) in [6, 6.07) is 11.3. The van der Waals surface area contributed by atoms with Gasteiger partial charge in [-0.25, -0.2) is 0 Å². The number of rotatable bonds is 3. The molecule has 0 spiro atoms. The average Bonchev–Trinajstić information content (AvgIpc) is 2.36. The summed E-state index contributed by atoms with van der Waals surface area (Å²) in [5, 5.41) is 2.12. The van der Waals surface area contributed by atoms with Gasteiger partial charge in [0.15, 0.2) is 0 Å². The van der Waals surface area contributed by atoms with Gasteiger partial charge in [0.1, 0.15) is 0 Å². The van der Waals surface area contributed by atoms with Crippen molar-refractivity contribution in [2.24, 2.45) is 0 Å². The van der Waals surface area contributed by atoms with E-state index in [0.29, 0.717) is 5.56 Å². The summed E-state index contributed by atoms with van der Waals surface area (Å²) in [6.45, 7) is 2.02. The van der Waals surface area contributed by atoms with Gasteiger partial charge >= 0.3 is 0 Å². The molecule has 0 aromatic heterocycles. The van der Waals surface area contributed by atoms with Crippen LogP contribution >= 0.6 is 15.9 Å². The summed E-state index contributed by atoms with van der Waals surface area (Å²) < 4.78 is 0. The maximum absolute atomic E-state index is 11.7. The monoisotopic (exact) mass is 290 g/mol. The van der Waals surface area contributed by atoms with Crippen molar-refractivity contribution in [3.63, 3.8) is 0 Å². The van der Waals surface area contributed by atoms with E-state index in [2.05, 4.69) is 22.0 Å². The standard InChI is InChI=1S/C14H11BrO2/c1-9-2-3-11-7-12(5-4-10(11)6-9)14(17)13(16)8-15/h2-7H,8H2,1H3. The molecule has 2 rings (SSSR count). The number of ketones is 2. The summed E-state index contributed by atoms with van der Waals surface area (Å²) in [7, 11) is 0. The Hall–Kier alpha value is -1.48. The van der Waals surface area contributed by atoms with Crippen LogP contribution in [0.1, 0.15) is 15.9 Å². The van der Waals surface area contributed by atoms with Gasteiger partial charge in [-0.2, -0.15) is 0 Å². The number of carbonyl (C=O) groups is 2. The van der Waals surface area contributed by atoms with Gasteiger partial charge in [0.25, 0.3) is 0 Å². The third-order valence-electron chi connectivity index (χ3n) is 2.63. The number of aryl methyl sites for hydroxylation is 1. The molecule has 0 saturated carbocycles. The predicted molar refractivity (Wildman–Crippen MR) is 71.8 cm³/mol. The SMILES string of the molecule is Cc1ccc2cc(C(=O)C(=O)CBr)ccc2c1. The summed E-state index contributed by atoms with van der Waals surface area (Å²) in [4.78, 5) is 23.0. The summed E-state index contributed by atoms with van der Waals surface area (Å²) in [6.07, 6.45) is 0. The van der Waals surface area contributed by atoms with E-state index in [1.165, 1.54) is 5.56 Å². The molecule has 0 saturated heterocycles. The Bertz CT molecular complexity index is 602. The molecular formula is C14H11BrO2. The van der Waals surface area contributed by atoms with Crippen LogP contribution in [-0.2, 0) is 4.79 Å². The highest BCUT2D eigenvalue weighted by atomic mass is 79.9. The molecule has 0 atom stereocenters. The largest absolute Gasteiger partial charge is 0.290 e. The van der Waals surface area contributed by atoms with Crippen molar-refractivity contribution < 1.29 is 9.59 Å². The first-order chi connectivity index (χ1) is 8.11. The van der Waals surface area contributed by atoms with Crippen LogP contribution < -0.4 is 0 Å². The number of hydrogen-bond acceptors (Lipinski definition) is 2. The Morgan fingerprint density at radius 2 is 1.71 bits per heavy atom. The van der Waals surface area contributed by atoms with Crippen molar-refractivity contribution in [1.82, 2.24) is 0 Å². The fraction of sp³-hybridized carbons (Fsp3) is 0.143. The second-order valence-corrected chi connectivity index (χ2v) is 4.51. The van der Waals surface area contributed by atoms with Gasteiger partial charge in [-0.15, -0.1) is 0 Å². The third kappa shape index (κ3) is 2.44. The van der Waals surface area contributed by atoms with Gasteiger partial charge in [-0.05, 0) is 23.8 Å². The van der Waals surface area contributed by atoms with E-state index >= 15 is 0 Å². The average molecular weight is 291 g/mol. The molecule has 2 aromatic rings. The number of hydrogen-bond donors (Lipinski definition) is 0. The Labute approximate surface area is 108 Å². The lowest BCUT2D eigenvalue weighted by Crippen LogP contribution is -2.14. The topological polar surface area (TPSA) is 34.1 Å². The smallest absolute Gasteiger partial charge is 0.229 e. The summed E-state index contributed by atoms with van der Waals surface area (Å²) in [5.74, 6) is -0.860. The van der Waals surface area contributed by atoms with E-state index in [-0.39, 0.29) is 5.33 Å². The fourth-order valence-electron chi connectivity index (χ4n) is 1.73. The molecule has 0 aliphatic rings. The molecule has 17 heavy (non-hydrogen) atoms. The Morgan fingerprint density at radius 1 is 1.06 bits per heavy atom. The molecule has 0 radical (unpaired) electrons. The predicted octanol–water partition coefficient (Wildman–Crippen LogP) is 3.29. The van der Waals surface area contributed by atoms with Gasteiger partial charge in [-0.1, -0.05) is 51.8 Å². The summed E-state index contributed by atoms with van der Waals surface area (Å²) in [5.41, 5.74) is 1.62. The van der Waals surface area contributed by atoms with Crippen LogP contribution in [0.2, 0.25) is 0 Å². The first kappa shape index (κ1) is 12.0. The maximum Gasteiger partial charge on any atom is 0.229 e. The zero-order chi connectivity index (χ0) is 12.4. The Balaban J connectivity index is 2.48. The van der Waals surface area contributed by atoms with Crippen molar-refractivity contribution in [2.75, 3.05) is 5.33 Å². The number of Topliss-reactive ketones (excluding diaryl/α,β-unsaturated/α-hetero) is 2. The van der Waals surface area contributed by atoms with Gasteiger partial charge in [0.05, 0.1) is 5.33 Å². The molecule has 0 aliphatic carbocycles. The highest BCUT2D eigenvalue weighted by molar-refractivity contribution is 9.09. The molecule has 0 heterocycles. The maximum atomic E-state index is 11.7. The van der Waals surface area contributed by atoms with E-state index < -0.39 is 11.6 Å². The van der Waals surface area contributed by atoms with E-state index in [1.807, 2.05) is 25.1 Å². The lowest BCUT2D eigenvalue weighted by Gasteiger charge is -2.02. The zero-order valence-electron chi connectivity index (χ0n) is 9.37. The molecule has 0 fully saturated rings. The lowest BCUT2D eigenvalue weighted by molar-refractivity contribution is -0.112. The molecule has 2 nitrogen and oxygen atoms in total. The number of fused-ring (bicyclic) bond motifs is 1. The second-order valence-electron chi connectivity index (χ2n) is 3.95. The van der Waals surface area contributed by atoms with Crippen molar-refractivity contribution in [3.05, 3.63) is 47.5 Å². The minimum Gasteiger partial charge on any atom is -0.290 e. The highest BCUT2D eigenvalue weighted by Gasteiger charge is 2.14.